The highest BCUT2D eigenvalue weighted by Gasteiger charge is 2.29. The van der Waals surface area contributed by atoms with E-state index in [1.165, 1.54) is 0 Å². The van der Waals surface area contributed by atoms with E-state index in [1.807, 2.05) is 4.90 Å². The summed E-state index contributed by atoms with van der Waals surface area (Å²) in [6, 6.07) is 6.94. The second-order valence-electron chi connectivity index (χ2n) is 6.36. The van der Waals surface area contributed by atoms with Crippen molar-refractivity contribution in [3.05, 3.63) is 48.0 Å². The summed E-state index contributed by atoms with van der Waals surface area (Å²) in [5, 5.41) is 10.4. The minimum Gasteiger partial charge on any atom is -0.481 e. The molecule has 1 N–H and O–H groups in total. The Labute approximate surface area is 147 Å². The van der Waals surface area contributed by atoms with E-state index < -0.39 is 6.10 Å². The minimum absolute atomic E-state index is 0.0165. The molecule has 2 atom stereocenters. The summed E-state index contributed by atoms with van der Waals surface area (Å²) >= 11 is 0. The number of hydrogen-bond acceptors (Lipinski definition) is 5. The van der Waals surface area contributed by atoms with Gasteiger partial charge < -0.3 is 19.2 Å². The molecular formula is C19H24N2O4. The van der Waals surface area contributed by atoms with Crippen molar-refractivity contribution in [3.8, 4) is 5.88 Å². The Kier molecular flexibility index (Phi) is 5.71. The number of aliphatic hydroxyl groups excluding tert-OH is 1. The summed E-state index contributed by atoms with van der Waals surface area (Å²) in [6.07, 6.45) is 6.88. The van der Waals surface area contributed by atoms with E-state index in [0.29, 0.717) is 30.2 Å². The molecule has 134 valence electrons. The molecule has 1 aliphatic heterocycles. The lowest BCUT2D eigenvalue weighted by Crippen LogP contribution is -2.41. The van der Waals surface area contributed by atoms with Gasteiger partial charge in [-0.15, -0.1) is 0 Å². The van der Waals surface area contributed by atoms with Gasteiger partial charge in [-0.25, -0.2) is 4.98 Å². The molecule has 3 heterocycles. The Balaban J connectivity index is 1.75. The van der Waals surface area contributed by atoms with E-state index >= 15 is 0 Å². The summed E-state index contributed by atoms with van der Waals surface area (Å²) in [7, 11) is 1.55. The van der Waals surface area contributed by atoms with Crippen molar-refractivity contribution < 1.29 is 19.1 Å². The van der Waals surface area contributed by atoms with E-state index in [4.69, 9.17) is 9.15 Å². The number of methoxy groups -OCH3 is 1. The predicted octanol–water partition coefficient (Wildman–Crippen LogP) is 3.19. The van der Waals surface area contributed by atoms with Gasteiger partial charge in [-0.05, 0) is 31.0 Å². The van der Waals surface area contributed by atoms with Gasteiger partial charge in [0.05, 0.1) is 18.9 Å². The molecule has 0 spiro atoms. The van der Waals surface area contributed by atoms with E-state index in [9.17, 15) is 9.90 Å². The molecule has 6 heteroatoms. The number of aromatic nitrogens is 1. The van der Waals surface area contributed by atoms with Crippen molar-refractivity contribution in [2.24, 2.45) is 0 Å². The van der Waals surface area contributed by atoms with Crippen molar-refractivity contribution in [1.29, 1.82) is 0 Å². The van der Waals surface area contributed by atoms with Crippen LogP contribution in [0, 0.1) is 0 Å². The molecule has 1 amide bonds. The van der Waals surface area contributed by atoms with Crippen LogP contribution in [-0.2, 0) is 0 Å². The fraction of sp³-hybridized carbons (Fsp3) is 0.474. The van der Waals surface area contributed by atoms with Crippen LogP contribution in [0.4, 0.5) is 0 Å². The molecule has 1 aliphatic rings. The first-order valence-electron chi connectivity index (χ1n) is 8.71. The Morgan fingerprint density at radius 2 is 2.28 bits per heavy atom. The first-order valence-corrected chi connectivity index (χ1v) is 8.71. The second-order valence-corrected chi connectivity index (χ2v) is 6.36. The zero-order chi connectivity index (χ0) is 17.6. The molecular weight excluding hydrogens is 320 g/mol. The molecule has 0 radical (unpaired) electrons. The fourth-order valence-electron chi connectivity index (χ4n) is 3.34. The molecule has 1 saturated heterocycles. The van der Waals surface area contributed by atoms with Gasteiger partial charge in [-0.3, -0.25) is 4.79 Å². The smallest absolute Gasteiger partial charge is 0.255 e. The van der Waals surface area contributed by atoms with Crippen LogP contribution < -0.4 is 4.74 Å². The number of pyridine rings is 1. The molecule has 6 nitrogen and oxygen atoms in total. The first kappa shape index (κ1) is 17.5. The summed E-state index contributed by atoms with van der Waals surface area (Å²) in [4.78, 5) is 19.0. The third-order valence-corrected chi connectivity index (χ3v) is 4.70. The number of carbonyl (C=O) groups is 1. The molecule has 2 aromatic heterocycles. The largest absolute Gasteiger partial charge is 0.481 e. The number of aliphatic hydroxyl groups is 1. The molecule has 0 aliphatic carbocycles. The van der Waals surface area contributed by atoms with E-state index in [2.05, 4.69) is 4.98 Å². The molecule has 3 rings (SSSR count). The van der Waals surface area contributed by atoms with Crippen molar-refractivity contribution in [1.82, 2.24) is 9.88 Å². The third kappa shape index (κ3) is 4.20. The number of carbonyl (C=O) groups excluding carboxylic acids is 1. The van der Waals surface area contributed by atoms with Crippen LogP contribution in [0.5, 0.6) is 5.88 Å². The zero-order valence-corrected chi connectivity index (χ0v) is 14.4. The Bertz CT molecular complexity index is 669. The number of furan rings is 1. The van der Waals surface area contributed by atoms with E-state index in [1.54, 1.807) is 43.8 Å². The number of ether oxygens (including phenoxy) is 1. The highest BCUT2D eigenvalue weighted by Crippen LogP contribution is 2.28. The van der Waals surface area contributed by atoms with Gasteiger partial charge in [0.2, 0.25) is 5.88 Å². The van der Waals surface area contributed by atoms with Gasteiger partial charge in [0.25, 0.3) is 5.91 Å². The maximum atomic E-state index is 13.0. The quantitative estimate of drug-likeness (QED) is 0.901. The summed E-state index contributed by atoms with van der Waals surface area (Å²) in [6.45, 7) is 0.695. The summed E-state index contributed by atoms with van der Waals surface area (Å²) in [5.74, 6) is 0.980. The third-order valence-electron chi connectivity index (χ3n) is 4.70. The summed E-state index contributed by atoms with van der Waals surface area (Å²) in [5.41, 5.74) is 0.542. The van der Waals surface area contributed by atoms with Crippen molar-refractivity contribution in [2.75, 3.05) is 13.7 Å². The number of rotatable bonds is 5. The van der Waals surface area contributed by atoms with Gasteiger partial charge in [0.1, 0.15) is 11.9 Å². The molecule has 1 fully saturated rings. The lowest BCUT2D eigenvalue weighted by atomic mass is 10.0. The van der Waals surface area contributed by atoms with Crippen LogP contribution in [0.25, 0.3) is 0 Å². The normalized spacial score (nSPS) is 19.3. The van der Waals surface area contributed by atoms with Crippen LogP contribution in [-0.4, -0.2) is 40.6 Å². The number of hydrogen-bond donors (Lipinski definition) is 1. The monoisotopic (exact) mass is 344 g/mol. The average Bonchev–Trinajstić information content (AvgIpc) is 3.09. The molecule has 0 aromatic carbocycles. The molecule has 25 heavy (non-hydrogen) atoms. The predicted molar refractivity (Wildman–Crippen MR) is 92.4 cm³/mol. The van der Waals surface area contributed by atoms with Crippen molar-refractivity contribution in [3.63, 3.8) is 0 Å². The van der Waals surface area contributed by atoms with Gasteiger partial charge >= 0.3 is 0 Å². The van der Waals surface area contributed by atoms with Gasteiger partial charge in [-0.1, -0.05) is 12.8 Å². The van der Waals surface area contributed by atoms with Crippen LogP contribution in [0.2, 0.25) is 0 Å². The standard InChI is InChI=1S/C19H24N2O4/c1-24-18-9-8-14(13-20-18)19(23)21-10-4-2-3-6-15(21)12-16(22)17-7-5-11-25-17/h5,7-9,11,13,15-16,22H,2-4,6,10,12H2,1H3/t15-,16-/m0/s1. The topological polar surface area (TPSA) is 75.8 Å². The highest BCUT2D eigenvalue weighted by molar-refractivity contribution is 5.94. The molecule has 0 unspecified atom stereocenters. The molecule has 2 aromatic rings. The highest BCUT2D eigenvalue weighted by atomic mass is 16.5. The molecule has 0 saturated carbocycles. The van der Waals surface area contributed by atoms with Crippen molar-refractivity contribution >= 4 is 5.91 Å². The Morgan fingerprint density at radius 1 is 1.40 bits per heavy atom. The maximum absolute atomic E-state index is 13.0. The number of amides is 1. The van der Waals surface area contributed by atoms with Crippen LogP contribution in [0.15, 0.2) is 41.1 Å². The van der Waals surface area contributed by atoms with Crippen molar-refractivity contribution in [2.45, 2.75) is 44.2 Å². The Morgan fingerprint density at radius 3 is 2.96 bits per heavy atom. The van der Waals surface area contributed by atoms with Crippen LogP contribution in [0.3, 0.4) is 0 Å². The van der Waals surface area contributed by atoms with Crippen LogP contribution >= 0.6 is 0 Å². The van der Waals surface area contributed by atoms with Gasteiger partial charge in [-0.2, -0.15) is 0 Å². The fourth-order valence-corrected chi connectivity index (χ4v) is 3.34. The number of likely N-dealkylation sites (tertiary alicyclic amines) is 1. The second kappa shape index (κ2) is 8.16. The van der Waals surface area contributed by atoms with Gasteiger partial charge in [0.15, 0.2) is 0 Å². The maximum Gasteiger partial charge on any atom is 0.255 e. The first-order chi connectivity index (χ1) is 12.2. The van der Waals surface area contributed by atoms with E-state index in [0.717, 1.165) is 25.7 Å². The minimum atomic E-state index is -0.706. The SMILES string of the molecule is COc1ccc(C(=O)N2CCCCC[C@H]2C[C@H](O)c2ccco2)cn1. The zero-order valence-electron chi connectivity index (χ0n) is 14.4. The lowest BCUT2D eigenvalue weighted by Gasteiger charge is -2.31. The van der Waals surface area contributed by atoms with E-state index in [-0.39, 0.29) is 11.9 Å². The van der Waals surface area contributed by atoms with Crippen LogP contribution in [0.1, 0.15) is 54.3 Å². The Hall–Kier alpha value is -2.34. The van der Waals surface area contributed by atoms with Gasteiger partial charge in [0, 0.05) is 31.3 Å². The molecule has 0 bridgehead atoms. The summed E-state index contributed by atoms with van der Waals surface area (Å²) < 4.78 is 10.3. The average molecular weight is 344 g/mol. The number of nitrogens with zero attached hydrogens (tertiary/aromatic N) is 2. The lowest BCUT2D eigenvalue weighted by molar-refractivity contribution is 0.0557.